The molecule has 1 heterocycles. The zero-order valence-electron chi connectivity index (χ0n) is 9.04. The van der Waals surface area contributed by atoms with E-state index in [2.05, 4.69) is 20.3 Å². The van der Waals surface area contributed by atoms with Gasteiger partial charge in [0.15, 0.2) is 0 Å². The SMILES string of the molecule is O=S(=O)([O-])c1ccc(Nc2nc(Cl)nc(Cl)n2)cc1. The lowest BCUT2D eigenvalue weighted by molar-refractivity contribution is 0.463. The van der Waals surface area contributed by atoms with Crippen LogP contribution >= 0.6 is 23.2 Å². The molecule has 0 saturated heterocycles. The number of nitrogens with zero attached hydrogens (tertiary/aromatic N) is 3. The maximum atomic E-state index is 10.7. The Balaban J connectivity index is 2.24. The van der Waals surface area contributed by atoms with Crippen molar-refractivity contribution >= 4 is 45.0 Å². The largest absolute Gasteiger partial charge is 0.744 e. The third kappa shape index (κ3) is 3.74. The molecular formula is C9H5Cl2N4O3S-. The summed E-state index contributed by atoms with van der Waals surface area (Å²) in [6.45, 7) is 0. The number of hydrogen-bond donors (Lipinski definition) is 1. The summed E-state index contributed by atoms with van der Waals surface area (Å²) in [5.74, 6) is 0.0998. The van der Waals surface area contributed by atoms with E-state index in [9.17, 15) is 13.0 Å². The number of aromatic nitrogens is 3. The van der Waals surface area contributed by atoms with Gasteiger partial charge in [0, 0.05) is 5.69 Å². The highest BCUT2D eigenvalue weighted by Gasteiger charge is 2.05. The van der Waals surface area contributed by atoms with Crippen molar-refractivity contribution in [2.75, 3.05) is 5.32 Å². The topological polar surface area (TPSA) is 108 Å². The van der Waals surface area contributed by atoms with Crippen LogP contribution in [0.1, 0.15) is 0 Å². The standard InChI is InChI=1S/C9H6Cl2N4O3S/c10-7-13-8(11)15-9(14-7)12-5-1-3-6(4-2-5)19(16,17)18/h1-4H,(H,16,17,18)(H,12,13,14,15)/p-1. The highest BCUT2D eigenvalue weighted by molar-refractivity contribution is 7.85. The molecule has 1 N–H and O–H groups in total. The predicted octanol–water partition coefficient (Wildman–Crippen LogP) is 1.83. The molecule has 0 aliphatic carbocycles. The zero-order chi connectivity index (χ0) is 14.0. The molecule has 0 bridgehead atoms. The highest BCUT2D eigenvalue weighted by atomic mass is 35.5. The number of hydrogen-bond acceptors (Lipinski definition) is 7. The van der Waals surface area contributed by atoms with Crippen molar-refractivity contribution in [1.82, 2.24) is 15.0 Å². The van der Waals surface area contributed by atoms with Crippen LogP contribution in [0.2, 0.25) is 10.6 Å². The van der Waals surface area contributed by atoms with Crippen molar-refractivity contribution < 1.29 is 13.0 Å². The molecule has 0 aliphatic heterocycles. The van der Waals surface area contributed by atoms with Gasteiger partial charge in [0.1, 0.15) is 10.1 Å². The summed E-state index contributed by atoms with van der Waals surface area (Å²) in [6, 6.07) is 5.09. The quantitative estimate of drug-likeness (QED) is 0.859. The Labute approximate surface area is 118 Å². The molecule has 1 aromatic carbocycles. The van der Waals surface area contributed by atoms with Crippen molar-refractivity contribution in [3.63, 3.8) is 0 Å². The molecule has 0 saturated carbocycles. The van der Waals surface area contributed by atoms with Crippen LogP contribution in [-0.4, -0.2) is 27.9 Å². The monoisotopic (exact) mass is 319 g/mol. The molecule has 0 unspecified atom stereocenters. The maximum absolute atomic E-state index is 10.7. The van der Waals surface area contributed by atoms with Gasteiger partial charge in [0.05, 0.1) is 4.90 Å². The van der Waals surface area contributed by atoms with Gasteiger partial charge in [0.25, 0.3) is 0 Å². The molecule has 2 rings (SSSR count). The van der Waals surface area contributed by atoms with Crippen LogP contribution < -0.4 is 5.32 Å². The first-order valence-corrected chi connectivity index (χ1v) is 6.91. The van der Waals surface area contributed by atoms with E-state index in [0.717, 1.165) is 12.1 Å². The fourth-order valence-corrected chi connectivity index (χ4v) is 2.05. The third-order valence-corrected chi connectivity index (χ3v) is 3.17. The predicted molar refractivity (Wildman–Crippen MR) is 67.5 cm³/mol. The van der Waals surface area contributed by atoms with Crippen molar-refractivity contribution in [3.05, 3.63) is 34.8 Å². The lowest BCUT2D eigenvalue weighted by Crippen LogP contribution is -2.01. The summed E-state index contributed by atoms with van der Waals surface area (Å²) >= 11 is 11.2. The molecule has 0 radical (unpaired) electrons. The highest BCUT2D eigenvalue weighted by Crippen LogP contribution is 2.18. The zero-order valence-corrected chi connectivity index (χ0v) is 11.4. The van der Waals surface area contributed by atoms with Crippen LogP contribution in [0.5, 0.6) is 0 Å². The molecule has 10 heteroatoms. The fourth-order valence-electron chi connectivity index (χ4n) is 1.22. The molecule has 7 nitrogen and oxygen atoms in total. The van der Waals surface area contributed by atoms with E-state index in [-0.39, 0.29) is 21.4 Å². The molecule has 0 aliphatic rings. The molecule has 0 spiro atoms. The summed E-state index contributed by atoms with van der Waals surface area (Å²) < 4.78 is 32.2. The van der Waals surface area contributed by atoms with Crippen LogP contribution in [0.25, 0.3) is 0 Å². The minimum atomic E-state index is -4.47. The smallest absolute Gasteiger partial charge is 0.232 e. The average molecular weight is 320 g/mol. The molecule has 100 valence electrons. The molecule has 19 heavy (non-hydrogen) atoms. The Hall–Kier alpha value is -1.48. The average Bonchev–Trinajstić information content (AvgIpc) is 2.26. The van der Waals surface area contributed by atoms with E-state index in [1.165, 1.54) is 12.1 Å². The second kappa shape index (κ2) is 5.25. The maximum Gasteiger partial charge on any atom is 0.232 e. The van der Waals surface area contributed by atoms with Gasteiger partial charge in [-0.1, -0.05) is 0 Å². The fraction of sp³-hybridized carbons (Fsp3) is 0. The van der Waals surface area contributed by atoms with Crippen molar-refractivity contribution in [1.29, 1.82) is 0 Å². The Morgan fingerprint density at radius 3 is 2.00 bits per heavy atom. The number of benzene rings is 1. The van der Waals surface area contributed by atoms with E-state index in [4.69, 9.17) is 23.2 Å². The van der Waals surface area contributed by atoms with E-state index in [1.807, 2.05) is 0 Å². The van der Waals surface area contributed by atoms with Crippen LogP contribution in [0.15, 0.2) is 29.2 Å². The van der Waals surface area contributed by atoms with Crippen LogP contribution in [0.3, 0.4) is 0 Å². The van der Waals surface area contributed by atoms with Gasteiger partial charge >= 0.3 is 0 Å². The summed E-state index contributed by atoms with van der Waals surface area (Å²) in [5, 5.41) is 2.57. The molecular weight excluding hydrogens is 315 g/mol. The summed E-state index contributed by atoms with van der Waals surface area (Å²) in [4.78, 5) is 10.8. The first-order valence-electron chi connectivity index (χ1n) is 4.75. The molecule has 2 aromatic rings. The van der Waals surface area contributed by atoms with Crippen molar-refractivity contribution in [2.24, 2.45) is 0 Å². The number of anilines is 2. The van der Waals surface area contributed by atoms with E-state index >= 15 is 0 Å². The van der Waals surface area contributed by atoms with Gasteiger partial charge < -0.3 is 9.87 Å². The van der Waals surface area contributed by atoms with Crippen LogP contribution in [0.4, 0.5) is 11.6 Å². The van der Waals surface area contributed by atoms with Gasteiger partial charge in [-0.15, -0.1) is 0 Å². The van der Waals surface area contributed by atoms with E-state index in [0.29, 0.717) is 5.69 Å². The first kappa shape index (κ1) is 13.9. The molecule has 0 atom stereocenters. The van der Waals surface area contributed by atoms with Gasteiger partial charge in [-0.2, -0.15) is 15.0 Å². The van der Waals surface area contributed by atoms with Crippen LogP contribution in [0, 0.1) is 0 Å². The Morgan fingerprint density at radius 2 is 1.53 bits per heavy atom. The Morgan fingerprint density at radius 1 is 1.00 bits per heavy atom. The Kier molecular flexibility index (Phi) is 3.85. The van der Waals surface area contributed by atoms with Crippen molar-refractivity contribution in [2.45, 2.75) is 4.90 Å². The van der Waals surface area contributed by atoms with E-state index < -0.39 is 10.1 Å². The van der Waals surface area contributed by atoms with Gasteiger partial charge in [-0.25, -0.2) is 8.42 Å². The minimum Gasteiger partial charge on any atom is -0.744 e. The van der Waals surface area contributed by atoms with E-state index in [1.54, 1.807) is 0 Å². The summed E-state index contributed by atoms with van der Waals surface area (Å²) in [6.07, 6.45) is 0. The number of halogens is 2. The first-order chi connectivity index (χ1) is 8.84. The molecule has 1 aromatic heterocycles. The number of rotatable bonds is 3. The second-order valence-corrected chi connectivity index (χ2v) is 5.36. The minimum absolute atomic E-state index is 0.0822. The molecule has 0 amide bonds. The Bertz CT molecular complexity index is 686. The lowest BCUT2D eigenvalue weighted by atomic mass is 10.3. The molecule has 0 fully saturated rings. The van der Waals surface area contributed by atoms with Gasteiger partial charge in [-0.05, 0) is 47.5 Å². The lowest BCUT2D eigenvalue weighted by Gasteiger charge is -2.08. The number of nitrogens with one attached hydrogen (secondary N) is 1. The summed E-state index contributed by atoms with van der Waals surface area (Å²) in [7, 11) is -4.47. The van der Waals surface area contributed by atoms with Crippen LogP contribution in [-0.2, 0) is 10.1 Å². The van der Waals surface area contributed by atoms with Gasteiger partial charge in [-0.3, -0.25) is 0 Å². The second-order valence-electron chi connectivity index (χ2n) is 3.30. The van der Waals surface area contributed by atoms with Gasteiger partial charge in [0.2, 0.25) is 16.5 Å². The third-order valence-electron chi connectivity index (χ3n) is 1.98. The summed E-state index contributed by atoms with van der Waals surface area (Å²) in [5.41, 5.74) is 0.464. The van der Waals surface area contributed by atoms with Crippen molar-refractivity contribution in [3.8, 4) is 0 Å². The normalized spacial score (nSPS) is 11.3.